The Kier molecular flexibility index (Phi) is 5.20. The highest BCUT2D eigenvalue weighted by Gasteiger charge is 2.08. The van der Waals surface area contributed by atoms with E-state index in [2.05, 4.69) is 15.3 Å². The zero-order valence-corrected chi connectivity index (χ0v) is 12.5. The molecule has 0 fully saturated rings. The molecule has 6 heteroatoms. The quantitative estimate of drug-likeness (QED) is 0.881. The summed E-state index contributed by atoms with van der Waals surface area (Å²) in [6.45, 7) is 3.60. The monoisotopic (exact) mass is 290 g/mol. The van der Waals surface area contributed by atoms with E-state index in [1.54, 1.807) is 29.5 Å². The highest BCUT2D eigenvalue weighted by Crippen LogP contribution is 2.20. The van der Waals surface area contributed by atoms with E-state index in [0.717, 1.165) is 22.9 Å². The fraction of sp³-hybridized carbons (Fsp3) is 0.357. The Hall–Kier alpha value is -1.79. The summed E-state index contributed by atoms with van der Waals surface area (Å²) in [6.07, 6.45) is 1.76. The lowest BCUT2D eigenvalue weighted by molar-refractivity contribution is -0.128. The van der Waals surface area contributed by atoms with E-state index in [0.29, 0.717) is 13.1 Å². The van der Waals surface area contributed by atoms with Gasteiger partial charge in [0, 0.05) is 31.7 Å². The van der Waals surface area contributed by atoms with Crippen molar-refractivity contribution in [2.24, 2.45) is 0 Å². The molecular formula is C14H18N4OS. The smallest absolute Gasteiger partial charge is 0.236 e. The van der Waals surface area contributed by atoms with Crippen molar-refractivity contribution >= 4 is 17.2 Å². The highest BCUT2D eigenvalue weighted by atomic mass is 32.1. The van der Waals surface area contributed by atoms with Crippen LogP contribution in [0.2, 0.25) is 0 Å². The topological polar surface area (TPSA) is 58.1 Å². The average Bonchev–Trinajstić information content (AvgIpc) is 2.96. The molecule has 0 aliphatic carbocycles. The third-order valence-corrected chi connectivity index (χ3v) is 3.83. The number of thiazole rings is 1. The van der Waals surface area contributed by atoms with E-state index in [-0.39, 0.29) is 5.91 Å². The molecule has 1 amide bonds. The van der Waals surface area contributed by atoms with Crippen LogP contribution in [0.15, 0.2) is 29.8 Å². The van der Waals surface area contributed by atoms with Crippen LogP contribution < -0.4 is 5.32 Å². The van der Waals surface area contributed by atoms with Crippen LogP contribution >= 0.6 is 11.3 Å². The van der Waals surface area contributed by atoms with Gasteiger partial charge in [0.2, 0.25) is 5.91 Å². The van der Waals surface area contributed by atoms with E-state index in [1.807, 2.05) is 30.5 Å². The zero-order valence-electron chi connectivity index (χ0n) is 11.7. The molecule has 0 aliphatic rings. The number of aromatic nitrogens is 2. The minimum absolute atomic E-state index is 0.0904. The van der Waals surface area contributed by atoms with Gasteiger partial charge in [-0.15, -0.1) is 11.3 Å². The van der Waals surface area contributed by atoms with Crippen LogP contribution in [0.4, 0.5) is 0 Å². The van der Waals surface area contributed by atoms with E-state index in [9.17, 15) is 4.79 Å². The summed E-state index contributed by atoms with van der Waals surface area (Å²) in [7, 11) is 1.80. The molecule has 0 bridgehead atoms. The second kappa shape index (κ2) is 7.12. The molecule has 1 N–H and O–H groups in total. The van der Waals surface area contributed by atoms with Crippen molar-refractivity contribution in [2.45, 2.75) is 13.5 Å². The fourth-order valence-corrected chi connectivity index (χ4v) is 2.40. The SMILES string of the molecule is CCN(C)C(=O)CNCc1csc(-c2ccccn2)n1. The maximum atomic E-state index is 11.6. The first kappa shape index (κ1) is 14.6. The Morgan fingerprint density at radius 3 is 3.00 bits per heavy atom. The molecular weight excluding hydrogens is 272 g/mol. The highest BCUT2D eigenvalue weighted by molar-refractivity contribution is 7.13. The van der Waals surface area contributed by atoms with Gasteiger partial charge < -0.3 is 10.2 Å². The van der Waals surface area contributed by atoms with Crippen molar-refractivity contribution in [3.63, 3.8) is 0 Å². The minimum atomic E-state index is 0.0904. The fourth-order valence-electron chi connectivity index (χ4n) is 1.60. The van der Waals surface area contributed by atoms with Gasteiger partial charge in [-0.2, -0.15) is 0 Å². The van der Waals surface area contributed by atoms with Crippen molar-refractivity contribution < 1.29 is 4.79 Å². The first-order valence-corrected chi connectivity index (χ1v) is 7.39. The van der Waals surface area contributed by atoms with Crippen molar-refractivity contribution in [3.8, 4) is 10.7 Å². The predicted octanol–water partition coefficient (Wildman–Crippen LogP) is 1.77. The summed E-state index contributed by atoms with van der Waals surface area (Å²) in [5.74, 6) is 0.0904. The largest absolute Gasteiger partial charge is 0.345 e. The number of pyridine rings is 1. The van der Waals surface area contributed by atoms with Crippen LogP contribution in [0.5, 0.6) is 0 Å². The third kappa shape index (κ3) is 3.85. The second-order valence-corrected chi connectivity index (χ2v) is 5.23. The summed E-state index contributed by atoms with van der Waals surface area (Å²) in [5, 5.41) is 6.01. The molecule has 0 aromatic carbocycles. The number of likely N-dealkylation sites (N-methyl/N-ethyl adjacent to an activating group) is 1. The molecule has 0 atom stereocenters. The molecule has 0 aliphatic heterocycles. The first-order chi connectivity index (χ1) is 9.70. The van der Waals surface area contributed by atoms with E-state index < -0.39 is 0 Å². The van der Waals surface area contributed by atoms with Gasteiger partial charge in [0.15, 0.2) is 0 Å². The molecule has 0 unspecified atom stereocenters. The van der Waals surface area contributed by atoms with Crippen molar-refractivity contribution in [2.75, 3.05) is 20.1 Å². The van der Waals surface area contributed by atoms with Crippen LogP contribution in [0.25, 0.3) is 10.7 Å². The lowest BCUT2D eigenvalue weighted by Crippen LogP contribution is -2.35. The molecule has 2 aromatic rings. The van der Waals surface area contributed by atoms with Crippen LogP contribution in [-0.2, 0) is 11.3 Å². The summed E-state index contributed by atoms with van der Waals surface area (Å²) < 4.78 is 0. The molecule has 20 heavy (non-hydrogen) atoms. The third-order valence-electron chi connectivity index (χ3n) is 2.92. The summed E-state index contributed by atoms with van der Waals surface area (Å²) in [5.41, 5.74) is 1.81. The van der Waals surface area contributed by atoms with Crippen LogP contribution in [-0.4, -0.2) is 40.9 Å². The van der Waals surface area contributed by atoms with E-state index in [4.69, 9.17) is 0 Å². The minimum Gasteiger partial charge on any atom is -0.345 e. The summed E-state index contributed by atoms with van der Waals surface area (Å²) in [6, 6.07) is 5.77. The number of nitrogens with one attached hydrogen (secondary N) is 1. The molecule has 2 heterocycles. The molecule has 0 saturated heterocycles. The molecule has 0 spiro atoms. The second-order valence-electron chi connectivity index (χ2n) is 4.37. The van der Waals surface area contributed by atoms with E-state index >= 15 is 0 Å². The Morgan fingerprint density at radius 1 is 1.45 bits per heavy atom. The lowest BCUT2D eigenvalue weighted by Gasteiger charge is -2.14. The number of amides is 1. The van der Waals surface area contributed by atoms with Gasteiger partial charge in [0.1, 0.15) is 5.01 Å². The average molecular weight is 290 g/mol. The number of hydrogen-bond donors (Lipinski definition) is 1. The maximum absolute atomic E-state index is 11.6. The number of nitrogens with zero attached hydrogens (tertiary/aromatic N) is 3. The van der Waals surface area contributed by atoms with Crippen molar-refractivity contribution in [1.29, 1.82) is 0 Å². The summed E-state index contributed by atoms with van der Waals surface area (Å²) >= 11 is 1.56. The predicted molar refractivity (Wildman–Crippen MR) is 80.4 cm³/mol. The lowest BCUT2D eigenvalue weighted by atomic mass is 10.3. The van der Waals surface area contributed by atoms with Gasteiger partial charge in [-0.1, -0.05) is 6.07 Å². The van der Waals surface area contributed by atoms with Crippen molar-refractivity contribution in [3.05, 3.63) is 35.5 Å². The zero-order chi connectivity index (χ0) is 14.4. The first-order valence-electron chi connectivity index (χ1n) is 6.51. The molecule has 106 valence electrons. The van der Waals surface area contributed by atoms with Gasteiger partial charge in [-0.3, -0.25) is 9.78 Å². The van der Waals surface area contributed by atoms with Crippen LogP contribution in [0.1, 0.15) is 12.6 Å². The Morgan fingerprint density at radius 2 is 2.30 bits per heavy atom. The number of carbonyl (C=O) groups is 1. The van der Waals surface area contributed by atoms with Gasteiger partial charge >= 0.3 is 0 Å². The van der Waals surface area contributed by atoms with Crippen molar-refractivity contribution in [1.82, 2.24) is 20.2 Å². The number of carbonyl (C=O) groups excluding carboxylic acids is 1. The standard InChI is InChI=1S/C14H18N4OS/c1-3-18(2)13(19)9-15-8-11-10-20-14(17-11)12-6-4-5-7-16-12/h4-7,10,15H,3,8-9H2,1-2H3. The van der Waals surface area contributed by atoms with Gasteiger partial charge in [0.05, 0.1) is 17.9 Å². The molecule has 2 aromatic heterocycles. The van der Waals surface area contributed by atoms with Crippen LogP contribution in [0.3, 0.4) is 0 Å². The van der Waals surface area contributed by atoms with E-state index in [1.165, 1.54) is 0 Å². The molecule has 0 saturated carbocycles. The normalized spacial score (nSPS) is 10.5. The molecule has 0 radical (unpaired) electrons. The number of hydrogen-bond acceptors (Lipinski definition) is 5. The van der Waals surface area contributed by atoms with Gasteiger partial charge in [0.25, 0.3) is 0 Å². The van der Waals surface area contributed by atoms with Gasteiger partial charge in [-0.25, -0.2) is 4.98 Å². The number of rotatable bonds is 6. The Balaban J connectivity index is 1.86. The molecule has 5 nitrogen and oxygen atoms in total. The molecule has 2 rings (SSSR count). The maximum Gasteiger partial charge on any atom is 0.236 e. The van der Waals surface area contributed by atoms with Crippen LogP contribution in [0, 0.1) is 0 Å². The Labute approximate surface area is 122 Å². The van der Waals surface area contributed by atoms with Gasteiger partial charge in [-0.05, 0) is 19.1 Å². The summed E-state index contributed by atoms with van der Waals surface area (Å²) in [4.78, 5) is 22.1. The Bertz CT molecular complexity index is 555.